The number of aryl methyl sites for hydroxylation is 1. The van der Waals surface area contributed by atoms with Crippen LogP contribution in [0, 0.1) is 6.92 Å². The van der Waals surface area contributed by atoms with E-state index in [1.54, 1.807) is 19.5 Å². The van der Waals surface area contributed by atoms with E-state index >= 15 is 0 Å². The second kappa shape index (κ2) is 7.34. The Bertz CT molecular complexity index is 748. The first-order chi connectivity index (χ1) is 11.6. The van der Waals surface area contributed by atoms with E-state index < -0.39 is 0 Å². The molecular weight excluding hydrogens is 368 g/mol. The molecule has 0 N–H and O–H groups in total. The van der Waals surface area contributed by atoms with E-state index in [4.69, 9.17) is 4.74 Å². The molecule has 1 atom stereocenters. The zero-order valence-electron chi connectivity index (χ0n) is 14.0. The van der Waals surface area contributed by atoms with Gasteiger partial charge in [-0.2, -0.15) is 0 Å². The summed E-state index contributed by atoms with van der Waals surface area (Å²) >= 11 is 3.53. The molecule has 1 amide bonds. The zero-order valence-corrected chi connectivity index (χ0v) is 15.5. The number of methoxy groups -OCH3 is 1. The molecule has 1 aliphatic rings. The zero-order chi connectivity index (χ0) is 17.1. The maximum absolute atomic E-state index is 12.9. The number of rotatable bonds is 4. The van der Waals surface area contributed by atoms with E-state index in [1.165, 1.54) is 0 Å². The molecule has 1 aromatic carbocycles. The Kier molecular flexibility index (Phi) is 5.19. The molecular formula is C19H21BrN2O2. The van der Waals surface area contributed by atoms with Gasteiger partial charge in [0.15, 0.2) is 0 Å². The summed E-state index contributed by atoms with van der Waals surface area (Å²) in [5.74, 6) is 0.982. The van der Waals surface area contributed by atoms with Crippen molar-refractivity contribution in [1.29, 1.82) is 0 Å². The van der Waals surface area contributed by atoms with Gasteiger partial charge in [-0.05, 0) is 55.2 Å². The van der Waals surface area contributed by atoms with E-state index in [1.807, 2.05) is 30.0 Å². The fourth-order valence-corrected chi connectivity index (χ4v) is 3.68. The number of aromatic nitrogens is 1. The van der Waals surface area contributed by atoms with Gasteiger partial charge in [-0.25, -0.2) is 0 Å². The monoisotopic (exact) mass is 388 g/mol. The van der Waals surface area contributed by atoms with E-state index in [-0.39, 0.29) is 11.9 Å². The first-order valence-corrected chi connectivity index (χ1v) is 8.92. The molecule has 24 heavy (non-hydrogen) atoms. The highest BCUT2D eigenvalue weighted by molar-refractivity contribution is 9.10. The molecule has 0 bridgehead atoms. The number of amides is 1. The van der Waals surface area contributed by atoms with Gasteiger partial charge in [-0.1, -0.05) is 15.9 Å². The third-order valence-electron chi connectivity index (χ3n) is 4.61. The smallest absolute Gasteiger partial charge is 0.227 e. The molecule has 1 aliphatic heterocycles. The molecule has 0 spiro atoms. The third kappa shape index (κ3) is 3.46. The lowest BCUT2D eigenvalue weighted by molar-refractivity contribution is -0.131. The van der Waals surface area contributed by atoms with Crippen molar-refractivity contribution in [3.05, 3.63) is 57.8 Å². The Labute approximate surface area is 151 Å². The summed E-state index contributed by atoms with van der Waals surface area (Å²) in [7, 11) is 1.67. The number of carbonyl (C=O) groups is 1. The van der Waals surface area contributed by atoms with Crippen LogP contribution in [0.4, 0.5) is 0 Å². The SMILES string of the molecule is COc1ccc(Br)cc1C1CCCN1C(=O)Cc1cnccc1C. The quantitative estimate of drug-likeness (QED) is 0.792. The minimum atomic E-state index is 0.0712. The van der Waals surface area contributed by atoms with Crippen LogP contribution in [-0.2, 0) is 11.2 Å². The predicted molar refractivity (Wildman–Crippen MR) is 97.1 cm³/mol. The number of hydrogen-bond donors (Lipinski definition) is 0. The van der Waals surface area contributed by atoms with E-state index in [0.717, 1.165) is 46.3 Å². The minimum Gasteiger partial charge on any atom is -0.496 e. The fraction of sp³-hybridized carbons (Fsp3) is 0.368. The summed E-state index contributed by atoms with van der Waals surface area (Å²) in [4.78, 5) is 19.0. The lowest BCUT2D eigenvalue weighted by Gasteiger charge is -2.27. The van der Waals surface area contributed by atoms with Crippen molar-refractivity contribution in [3.8, 4) is 5.75 Å². The van der Waals surface area contributed by atoms with Crippen LogP contribution in [-0.4, -0.2) is 29.4 Å². The second-order valence-electron chi connectivity index (χ2n) is 6.11. The van der Waals surface area contributed by atoms with Crippen LogP contribution in [0.25, 0.3) is 0 Å². The van der Waals surface area contributed by atoms with Crippen LogP contribution in [0.5, 0.6) is 5.75 Å². The molecule has 2 aromatic rings. The highest BCUT2D eigenvalue weighted by atomic mass is 79.9. The summed E-state index contributed by atoms with van der Waals surface area (Å²) in [5.41, 5.74) is 3.17. The summed E-state index contributed by atoms with van der Waals surface area (Å²) in [6.45, 7) is 2.81. The topological polar surface area (TPSA) is 42.4 Å². The lowest BCUT2D eigenvalue weighted by atomic mass is 10.0. The molecule has 1 aromatic heterocycles. The first kappa shape index (κ1) is 17.0. The average molecular weight is 389 g/mol. The largest absolute Gasteiger partial charge is 0.496 e. The predicted octanol–water partition coefficient (Wildman–Crippen LogP) is 4.07. The van der Waals surface area contributed by atoms with Crippen molar-refractivity contribution in [2.24, 2.45) is 0 Å². The van der Waals surface area contributed by atoms with Gasteiger partial charge in [0.25, 0.3) is 0 Å². The maximum atomic E-state index is 12.9. The van der Waals surface area contributed by atoms with E-state index in [9.17, 15) is 4.79 Å². The number of likely N-dealkylation sites (tertiary alicyclic amines) is 1. The van der Waals surface area contributed by atoms with Gasteiger partial charge in [0.1, 0.15) is 5.75 Å². The number of hydrogen-bond acceptors (Lipinski definition) is 3. The Morgan fingerprint density at radius 2 is 2.25 bits per heavy atom. The molecule has 126 valence electrons. The molecule has 0 aliphatic carbocycles. The van der Waals surface area contributed by atoms with Gasteiger partial charge in [-0.15, -0.1) is 0 Å². The van der Waals surface area contributed by atoms with Crippen molar-refractivity contribution < 1.29 is 9.53 Å². The molecule has 3 rings (SSSR count). The third-order valence-corrected chi connectivity index (χ3v) is 5.11. The molecule has 2 heterocycles. The van der Waals surface area contributed by atoms with Gasteiger partial charge in [0, 0.05) is 29.0 Å². The van der Waals surface area contributed by atoms with Crippen molar-refractivity contribution in [1.82, 2.24) is 9.88 Å². The van der Waals surface area contributed by atoms with Gasteiger partial charge >= 0.3 is 0 Å². The van der Waals surface area contributed by atoms with Gasteiger partial charge in [0.05, 0.1) is 19.6 Å². The van der Waals surface area contributed by atoms with Crippen LogP contribution in [0.15, 0.2) is 41.1 Å². The van der Waals surface area contributed by atoms with Crippen molar-refractivity contribution >= 4 is 21.8 Å². The number of benzene rings is 1. The van der Waals surface area contributed by atoms with E-state index in [2.05, 4.69) is 27.0 Å². The van der Waals surface area contributed by atoms with Crippen molar-refractivity contribution in [3.63, 3.8) is 0 Å². The summed E-state index contributed by atoms with van der Waals surface area (Å²) in [5, 5.41) is 0. The van der Waals surface area contributed by atoms with Crippen molar-refractivity contribution in [2.75, 3.05) is 13.7 Å². The van der Waals surface area contributed by atoms with Crippen LogP contribution in [0.1, 0.15) is 35.6 Å². The number of nitrogens with zero attached hydrogens (tertiary/aromatic N) is 2. The second-order valence-corrected chi connectivity index (χ2v) is 7.03. The summed E-state index contributed by atoms with van der Waals surface area (Å²) < 4.78 is 6.51. The van der Waals surface area contributed by atoms with Crippen LogP contribution >= 0.6 is 15.9 Å². The van der Waals surface area contributed by atoms with Gasteiger partial charge in [0.2, 0.25) is 5.91 Å². The molecule has 1 fully saturated rings. The molecule has 5 heteroatoms. The normalized spacial score (nSPS) is 17.1. The Morgan fingerprint density at radius 1 is 1.42 bits per heavy atom. The molecule has 0 saturated carbocycles. The van der Waals surface area contributed by atoms with Crippen LogP contribution in [0.2, 0.25) is 0 Å². The number of ether oxygens (including phenoxy) is 1. The van der Waals surface area contributed by atoms with E-state index in [0.29, 0.717) is 6.42 Å². The molecule has 1 unspecified atom stereocenters. The number of carbonyl (C=O) groups excluding carboxylic acids is 1. The highest BCUT2D eigenvalue weighted by Crippen LogP contribution is 2.38. The molecule has 1 saturated heterocycles. The number of pyridine rings is 1. The van der Waals surface area contributed by atoms with Gasteiger partial charge in [-0.3, -0.25) is 9.78 Å². The van der Waals surface area contributed by atoms with Crippen LogP contribution < -0.4 is 4.74 Å². The highest BCUT2D eigenvalue weighted by Gasteiger charge is 2.32. The fourth-order valence-electron chi connectivity index (χ4n) is 3.30. The Balaban J connectivity index is 1.84. The average Bonchev–Trinajstić information content (AvgIpc) is 3.06. The first-order valence-electron chi connectivity index (χ1n) is 8.12. The molecule has 4 nitrogen and oxygen atoms in total. The standard InChI is InChI=1S/C19H21BrN2O2/c1-13-7-8-21-12-14(13)10-19(23)22-9-3-4-17(22)16-11-15(20)5-6-18(16)24-2/h5-8,11-12,17H,3-4,9-10H2,1-2H3. The lowest BCUT2D eigenvalue weighted by Crippen LogP contribution is -2.32. The Morgan fingerprint density at radius 3 is 3.00 bits per heavy atom. The number of halogens is 1. The molecule has 0 radical (unpaired) electrons. The van der Waals surface area contributed by atoms with Crippen molar-refractivity contribution in [2.45, 2.75) is 32.2 Å². The van der Waals surface area contributed by atoms with Crippen LogP contribution in [0.3, 0.4) is 0 Å². The summed E-state index contributed by atoms with van der Waals surface area (Å²) in [6, 6.07) is 7.99. The maximum Gasteiger partial charge on any atom is 0.227 e. The van der Waals surface area contributed by atoms with Gasteiger partial charge < -0.3 is 9.64 Å². The summed E-state index contributed by atoms with van der Waals surface area (Å²) in [6.07, 6.45) is 5.92. The minimum absolute atomic E-state index is 0.0712. The Hall–Kier alpha value is -1.88.